The number of para-hydroxylation sites is 3. The molecule has 1 aliphatic carbocycles. The Morgan fingerprint density at radius 2 is 1.20 bits per heavy atom. The lowest BCUT2D eigenvalue weighted by Gasteiger charge is -2.43. The summed E-state index contributed by atoms with van der Waals surface area (Å²) >= 11 is 0. The lowest BCUT2D eigenvalue weighted by Crippen LogP contribution is -2.44. The van der Waals surface area contributed by atoms with Gasteiger partial charge in [-0.15, -0.1) is 5.11 Å². The van der Waals surface area contributed by atoms with Crippen molar-refractivity contribution >= 4 is 56.1 Å². The number of nitroso groups, excluding NO2 is 1. The van der Waals surface area contributed by atoms with E-state index >= 15 is 0 Å². The summed E-state index contributed by atoms with van der Waals surface area (Å²) in [6, 6.07) is 48.2. The molecule has 1 heterocycles. The molecule has 7 heteroatoms. The van der Waals surface area contributed by atoms with Gasteiger partial charge in [0.05, 0.1) is 46.8 Å². The fraction of sp³-hybridized carbons (Fsp3) is 0.0930. The van der Waals surface area contributed by atoms with Gasteiger partial charge in [0.25, 0.3) is 0 Å². The van der Waals surface area contributed by atoms with Gasteiger partial charge in [-0.2, -0.15) is 4.91 Å². The number of benzene rings is 7. The standard InChI is InChI=1S/C43H28B3N3O/c1-26-48-37-19-9-11-21-39(37)49(26)38-20-10-7-17-34(38)41-32-15-4-2-13-30(32)40(31-14-3-5-16-33(31)41)27-22-23-29-28-12-6-8-18-35(28)42(25-47-50,36(29)24-27)43(44,45)46/h2-24H,25H2,1H3. The van der Waals surface area contributed by atoms with Crippen LogP contribution in [0.25, 0.3) is 71.6 Å². The van der Waals surface area contributed by atoms with E-state index < -0.39 is 10.5 Å². The summed E-state index contributed by atoms with van der Waals surface area (Å²) in [5.74, 6) is 0.923. The van der Waals surface area contributed by atoms with Crippen molar-refractivity contribution in [3.05, 3.63) is 161 Å². The third-order valence-electron chi connectivity index (χ3n) is 10.6. The van der Waals surface area contributed by atoms with Crippen LogP contribution in [0.3, 0.4) is 0 Å². The number of aryl methyl sites for hydroxylation is 1. The Labute approximate surface area is 294 Å². The van der Waals surface area contributed by atoms with Gasteiger partial charge in [-0.1, -0.05) is 120 Å². The molecular formula is C43H28B3N3O. The van der Waals surface area contributed by atoms with Gasteiger partial charge in [-0.25, -0.2) is 4.98 Å². The molecule has 1 unspecified atom stereocenters. The van der Waals surface area contributed by atoms with Gasteiger partial charge in [0, 0.05) is 11.0 Å². The molecule has 230 valence electrons. The van der Waals surface area contributed by atoms with Crippen LogP contribution in [0.15, 0.2) is 145 Å². The predicted octanol–water partition coefficient (Wildman–Crippen LogP) is 9.59. The molecular weight excluding hydrogens is 607 g/mol. The third-order valence-corrected chi connectivity index (χ3v) is 10.6. The van der Waals surface area contributed by atoms with Crippen molar-refractivity contribution in [1.29, 1.82) is 0 Å². The maximum Gasteiger partial charge on any atom is 0.111 e. The average molecular weight is 635 g/mol. The SMILES string of the molecule is [B]C([B])([B])C1(CN=O)c2ccccc2-c2ccc(-c3c4ccccc4c(-c4ccccc4-n4c(C)nc5ccccc54)c4ccccc34)cc21. The highest BCUT2D eigenvalue weighted by Gasteiger charge is 2.50. The van der Waals surface area contributed by atoms with Gasteiger partial charge in [-0.05, 0) is 91.7 Å². The van der Waals surface area contributed by atoms with E-state index in [4.69, 9.17) is 28.5 Å². The molecule has 9 rings (SSSR count). The number of rotatable bonds is 6. The van der Waals surface area contributed by atoms with E-state index in [1.165, 1.54) is 0 Å². The molecule has 0 N–H and O–H groups in total. The Bertz CT molecular complexity index is 2620. The monoisotopic (exact) mass is 635 g/mol. The fourth-order valence-corrected chi connectivity index (χ4v) is 8.45. The van der Waals surface area contributed by atoms with E-state index in [2.05, 4.69) is 126 Å². The molecule has 1 aliphatic rings. The lowest BCUT2D eigenvalue weighted by atomic mass is 9.31. The summed E-state index contributed by atoms with van der Waals surface area (Å²) in [5, 5.41) is 6.03. The molecule has 4 nitrogen and oxygen atoms in total. The molecule has 0 saturated heterocycles. The van der Waals surface area contributed by atoms with Crippen LogP contribution >= 0.6 is 0 Å². The first-order valence-electron chi connectivity index (χ1n) is 16.7. The molecule has 1 atom stereocenters. The normalized spacial score (nSPS) is 15.4. The number of aromatic nitrogens is 2. The lowest BCUT2D eigenvalue weighted by molar-refractivity contribution is 0.542. The number of imidazole rings is 1. The summed E-state index contributed by atoms with van der Waals surface area (Å²) in [5.41, 5.74) is 9.67. The third kappa shape index (κ3) is 4.19. The van der Waals surface area contributed by atoms with Crippen molar-refractivity contribution in [2.45, 2.75) is 17.5 Å². The van der Waals surface area contributed by atoms with E-state index in [0.29, 0.717) is 0 Å². The van der Waals surface area contributed by atoms with Crippen molar-refractivity contribution in [2.24, 2.45) is 5.18 Å². The van der Waals surface area contributed by atoms with Crippen molar-refractivity contribution < 1.29 is 0 Å². The van der Waals surface area contributed by atoms with Gasteiger partial charge < -0.3 is 0 Å². The molecule has 6 radical (unpaired) electrons. The molecule has 7 aromatic carbocycles. The number of hydrogen-bond acceptors (Lipinski definition) is 3. The van der Waals surface area contributed by atoms with E-state index in [9.17, 15) is 4.91 Å². The number of nitrogens with zero attached hydrogens (tertiary/aromatic N) is 3. The second-order valence-corrected chi connectivity index (χ2v) is 13.3. The molecule has 0 fully saturated rings. The Morgan fingerprint density at radius 3 is 1.88 bits per heavy atom. The summed E-state index contributed by atoms with van der Waals surface area (Å²) in [6.07, 6.45) is 0. The second kappa shape index (κ2) is 11.2. The van der Waals surface area contributed by atoms with Crippen LogP contribution in [-0.2, 0) is 5.41 Å². The minimum Gasteiger partial charge on any atom is -0.296 e. The van der Waals surface area contributed by atoms with Gasteiger partial charge in [-0.3, -0.25) is 4.57 Å². The Morgan fingerprint density at radius 1 is 0.640 bits per heavy atom. The molecule has 0 amide bonds. The van der Waals surface area contributed by atoms with Crippen LogP contribution in [0, 0.1) is 11.8 Å². The van der Waals surface area contributed by atoms with Gasteiger partial charge in [0.15, 0.2) is 0 Å². The largest absolute Gasteiger partial charge is 0.296 e. The predicted molar refractivity (Wildman–Crippen MR) is 209 cm³/mol. The minimum atomic E-state index is -1.76. The van der Waals surface area contributed by atoms with Gasteiger partial charge >= 0.3 is 0 Å². The highest BCUT2D eigenvalue weighted by Crippen LogP contribution is 2.58. The molecule has 0 spiro atoms. The zero-order valence-electron chi connectivity index (χ0n) is 27.5. The first-order chi connectivity index (χ1) is 24.3. The second-order valence-electron chi connectivity index (χ2n) is 13.3. The van der Waals surface area contributed by atoms with Crippen molar-refractivity contribution in [2.75, 3.05) is 6.54 Å². The molecule has 0 aliphatic heterocycles. The van der Waals surface area contributed by atoms with Crippen molar-refractivity contribution in [3.63, 3.8) is 0 Å². The van der Waals surface area contributed by atoms with Crippen LogP contribution in [0.2, 0.25) is 5.11 Å². The molecule has 0 bridgehead atoms. The average Bonchev–Trinajstić information content (AvgIpc) is 3.62. The van der Waals surface area contributed by atoms with Gasteiger partial charge in [0.1, 0.15) is 5.82 Å². The maximum absolute atomic E-state index is 12.1. The van der Waals surface area contributed by atoms with Crippen LogP contribution in [0.1, 0.15) is 17.0 Å². The van der Waals surface area contributed by atoms with E-state index in [0.717, 1.165) is 88.6 Å². The summed E-state index contributed by atoms with van der Waals surface area (Å²) in [6.45, 7) is 1.87. The maximum atomic E-state index is 12.1. The van der Waals surface area contributed by atoms with Crippen LogP contribution in [0.5, 0.6) is 0 Å². The molecule has 8 aromatic rings. The molecule has 1 aromatic heterocycles. The van der Waals surface area contributed by atoms with Crippen LogP contribution < -0.4 is 0 Å². The van der Waals surface area contributed by atoms with Crippen LogP contribution in [0.4, 0.5) is 0 Å². The highest BCUT2D eigenvalue weighted by atomic mass is 16.3. The Hall–Kier alpha value is -5.68. The minimum absolute atomic E-state index is 0.191. The van der Waals surface area contributed by atoms with Crippen molar-refractivity contribution in [1.82, 2.24) is 9.55 Å². The fourth-order valence-electron chi connectivity index (χ4n) is 8.45. The summed E-state index contributed by atoms with van der Waals surface area (Å²) in [7, 11) is 19.8. The first-order valence-corrected chi connectivity index (χ1v) is 16.7. The van der Waals surface area contributed by atoms with E-state index in [-0.39, 0.29) is 6.54 Å². The number of fused-ring (bicyclic) bond motifs is 6. The van der Waals surface area contributed by atoms with Gasteiger partial charge in [0.2, 0.25) is 0 Å². The highest BCUT2D eigenvalue weighted by molar-refractivity contribution is 6.60. The van der Waals surface area contributed by atoms with E-state index in [1.807, 2.05) is 30.3 Å². The quantitative estimate of drug-likeness (QED) is 0.104. The number of hydrogen-bond donors (Lipinski definition) is 0. The molecule has 50 heavy (non-hydrogen) atoms. The van der Waals surface area contributed by atoms with Crippen molar-refractivity contribution in [3.8, 4) is 39.1 Å². The Balaban J connectivity index is 1.35. The van der Waals surface area contributed by atoms with Crippen LogP contribution in [-0.4, -0.2) is 39.6 Å². The molecule has 0 saturated carbocycles. The zero-order chi connectivity index (χ0) is 34.2. The first kappa shape index (κ1) is 30.4. The Kier molecular flexibility index (Phi) is 6.79. The summed E-state index contributed by atoms with van der Waals surface area (Å²) < 4.78 is 2.25. The smallest absolute Gasteiger partial charge is 0.111 e. The zero-order valence-corrected chi connectivity index (χ0v) is 27.5. The topological polar surface area (TPSA) is 47.2 Å². The van der Waals surface area contributed by atoms with E-state index in [1.54, 1.807) is 0 Å². The summed E-state index contributed by atoms with van der Waals surface area (Å²) in [4.78, 5) is 17.0.